The van der Waals surface area contributed by atoms with E-state index in [1.54, 1.807) is 0 Å². The topological polar surface area (TPSA) is 61.4 Å². The maximum atomic E-state index is 11.8. The molecule has 1 unspecified atom stereocenters. The van der Waals surface area contributed by atoms with Crippen LogP contribution >= 0.6 is 24.8 Å². The molecule has 0 spiro atoms. The molecule has 1 atom stereocenters. The minimum atomic E-state index is -3.09. The van der Waals surface area contributed by atoms with Gasteiger partial charge in [-0.25, -0.2) is 13.1 Å². The molecule has 1 saturated heterocycles. The summed E-state index contributed by atoms with van der Waals surface area (Å²) >= 11 is 0. The van der Waals surface area contributed by atoms with Gasteiger partial charge in [0.05, 0.1) is 5.75 Å². The van der Waals surface area contributed by atoms with Gasteiger partial charge in [0.25, 0.3) is 0 Å². The second-order valence-electron chi connectivity index (χ2n) is 5.51. The summed E-state index contributed by atoms with van der Waals surface area (Å²) in [4.78, 5) is 2.38. The van der Waals surface area contributed by atoms with Gasteiger partial charge in [0.1, 0.15) is 0 Å². The predicted molar refractivity (Wildman–Crippen MR) is 94.3 cm³/mol. The Morgan fingerprint density at radius 3 is 2.43 bits per heavy atom. The second-order valence-corrected chi connectivity index (χ2v) is 7.37. The van der Waals surface area contributed by atoms with Gasteiger partial charge in [-0.2, -0.15) is 0 Å². The molecule has 0 aliphatic carbocycles. The monoisotopic (exact) mass is 363 g/mol. The van der Waals surface area contributed by atoms with Crippen LogP contribution in [0, 0.1) is 5.92 Å². The lowest BCUT2D eigenvalue weighted by atomic mass is 10.1. The summed E-state index contributed by atoms with van der Waals surface area (Å²) in [6.45, 7) is 9.86. The van der Waals surface area contributed by atoms with E-state index >= 15 is 0 Å². The lowest BCUT2D eigenvalue weighted by Crippen LogP contribution is -2.44. The maximum absolute atomic E-state index is 11.8. The molecule has 1 fully saturated rings. The highest BCUT2D eigenvalue weighted by Gasteiger charge is 2.15. The van der Waals surface area contributed by atoms with Crippen molar-refractivity contribution in [2.24, 2.45) is 5.92 Å². The smallest absolute Gasteiger partial charge is 0.211 e. The zero-order valence-corrected chi connectivity index (χ0v) is 15.6. The lowest BCUT2D eigenvalue weighted by Gasteiger charge is -2.27. The molecule has 1 rings (SSSR count). The normalized spacial score (nSPS) is 17.6. The van der Waals surface area contributed by atoms with Gasteiger partial charge in [-0.3, -0.25) is 0 Å². The standard InChI is InChI=1S/C13H29N3O2S.2ClH/c1-3-5-13(2)12-19(17,18)15-6-4-9-16-10-7-14-8-11-16;;/h13-15H,3-12H2,1-2H3;2*1H. The summed E-state index contributed by atoms with van der Waals surface area (Å²) in [5.74, 6) is 0.504. The minimum absolute atomic E-state index is 0. The maximum Gasteiger partial charge on any atom is 0.211 e. The highest BCUT2D eigenvalue weighted by Crippen LogP contribution is 2.07. The molecule has 0 amide bonds. The van der Waals surface area contributed by atoms with Gasteiger partial charge in [0.2, 0.25) is 10.0 Å². The Bertz CT molecular complexity index is 336. The summed E-state index contributed by atoms with van der Waals surface area (Å²) in [6.07, 6.45) is 2.91. The van der Waals surface area contributed by atoms with Crippen LogP contribution in [0.4, 0.5) is 0 Å². The molecule has 2 N–H and O–H groups in total. The third-order valence-corrected chi connectivity index (χ3v) is 5.12. The van der Waals surface area contributed by atoms with Gasteiger partial charge in [-0.05, 0) is 25.3 Å². The predicted octanol–water partition coefficient (Wildman–Crippen LogP) is 1.48. The van der Waals surface area contributed by atoms with Gasteiger partial charge in [0, 0.05) is 32.7 Å². The Balaban J connectivity index is 0. The van der Waals surface area contributed by atoms with Crippen molar-refractivity contribution < 1.29 is 8.42 Å². The summed E-state index contributed by atoms with van der Waals surface area (Å²) in [5.41, 5.74) is 0. The van der Waals surface area contributed by atoms with Gasteiger partial charge < -0.3 is 10.2 Å². The number of hydrogen-bond acceptors (Lipinski definition) is 4. The fourth-order valence-electron chi connectivity index (χ4n) is 2.47. The van der Waals surface area contributed by atoms with Crippen LogP contribution in [0.2, 0.25) is 0 Å². The average molecular weight is 364 g/mol. The Labute approximate surface area is 142 Å². The summed E-state index contributed by atoms with van der Waals surface area (Å²) in [6, 6.07) is 0. The van der Waals surface area contributed by atoms with Crippen molar-refractivity contribution in [3.63, 3.8) is 0 Å². The largest absolute Gasteiger partial charge is 0.314 e. The number of halogens is 2. The van der Waals surface area contributed by atoms with E-state index in [0.29, 0.717) is 6.54 Å². The Morgan fingerprint density at radius 1 is 1.24 bits per heavy atom. The molecule has 1 heterocycles. The van der Waals surface area contributed by atoms with Crippen LogP contribution in [0.15, 0.2) is 0 Å². The van der Waals surface area contributed by atoms with Crippen molar-refractivity contribution in [2.45, 2.75) is 33.1 Å². The number of rotatable bonds is 9. The number of nitrogens with one attached hydrogen (secondary N) is 2. The van der Waals surface area contributed by atoms with Crippen molar-refractivity contribution in [3.05, 3.63) is 0 Å². The van der Waals surface area contributed by atoms with E-state index in [4.69, 9.17) is 0 Å². The van der Waals surface area contributed by atoms with E-state index in [0.717, 1.165) is 52.0 Å². The fraction of sp³-hybridized carbons (Fsp3) is 1.00. The third kappa shape index (κ3) is 11.6. The van der Waals surface area contributed by atoms with E-state index in [1.165, 1.54) is 0 Å². The summed E-state index contributed by atoms with van der Waals surface area (Å²) < 4.78 is 26.4. The van der Waals surface area contributed by atoms with Crippen LogP contribution in [-0.4, -0.2) is 58.3 Å². The van der Waals surface area contributed by atoms with Gasteiger partial charge in [-0.1, -0.05) is 20.3 Å². The first-order valence-electron chi connectivity index (χ1n) is 7.44. The van der Waals surface area contributed by atoms with E-state index in [-0.39, 0.29) is 36.5 Å². The zero-order valence-electron chi connectivity index (χ0n) is 13.1. The second kappa shape index (κ2) is 12.9. The van der Waals surface area contributed by atoms with E-state index in [9.17, 15) is 8.42 Å². The Morgan fingerprint density at radius 2 is 1.86 bits per heavy atom. The molecule has 130 valence electrons. The first-order valence-corrected chi connectivity index (χ1v) is 9.09. The Hall–Kier alpha value is 0.410. The number of piperazine rings is 1. The van der Waals surface area contributed by atoms with Crippen LogP contribution in [0.25, 0.3) is 0 Å². The molecule has 0 saturated carbocycles. The lowest BCUT2D eigenvalue weighted by molar-refractivity contribution is 0.239. The molecule has 5 nitrogen and oxygen atoms in total. The van der Waals surface area contributed by atoms with Crippen LogP contribution in [0.5, 0.6) is 0 Å². The molecule has 21 heavy (non-hydrogen) atoms. The van der Waals surface area contributed by atoms with Crippen molar-refractivity contribution >= 4 is 34.8 Å². The van der Waals surface area contributed by atoms with E-state index < -0.39 is 10.0 Å². The van der Waals surface area contributed by atoms with Gasteiger partial charge in [0.15, 0.2) is 0 Å². The molecule has 1 aliphatic heterocycles. The number of hydrogen-bond donors (Lipinski definition) is 2. The van der Waals surface area contributed by atoms with Crippen molar-refractivity contribution in [3.8, 4) is 0 Å². The fourth-order valence-corrected chi connectivity index (χ4v) is 3.96. The van der Waals surface area contributed by atoms with Gasteiger partial charge >= 0.3 is 0 Å². The molecule has 0 radical (unpaired) electrons. The minimum Gasteiger partial charge on any atom is -0.314 e. The molecule has 0 aromatic heterocycles. The first-order chi connectivity index (χ1) is 9.03. The molecule has 1 aliphatic rings. The third-order valence-electron chi connectivity index (χ3n) is 3.47. The van der Waals surface area contributed by atoms with E-state index in [1.807, 2.05) is 6.92 Å². The molecule has 0 aromatic carbocycles. The highest BCUT2D eigenvalue weighted by atomic mass is 35.5. The van der Waals surface area contributed by atoms with Crippen molar-refractivity contribution in [1.29, 1.82) is 0 Å². The first kappa shape index (κ1) is 23.7. The van der Waals surface area contributed by atoms with Gasteiger partial charge in [-0.15, -0.1) is 24.8 Å². The zero-order chi connectivity index (χ0) is 14.1. The summed E-state index contributed by atoms with van der Waals surface area (Å²) in [7, 11) is -3.09. The van der Waals surface area contributed by atoms with Crippen molar-refractivity contribution in [2.75, 3.05) is 45.0 Å². The molecule has 0 aromatic rings. The Kier molecular flexibility index (Phi) is 14.5. The SMILES string of the molecule is CCCC(C)CS(=O)(=O)NCCCN1CCNCC1.Cl.Cl. The van der Waals surface area contributed by atoms with Crippen molar-refractivity contribution in [1.82, 2.24) is 14.9 Å². The number of sulfonamides is 1. The van der Waals surface area contributed by atoms with Crippen LogP contribution in [0.3, 0.4) is 0 Å². The molecule has 0 bridgehead atoms. The van der Waals surface area contributed by atoms with Crippen LogP contribution < -0.4 is 10.0 Å². The van der Waals surface area contributed by atoms with Crippen LogP contribution in [-0.2, 0) is 10.0 Å². The summed E-state index contributed by atoms with van der Waals surface area (Å²) in [5, 5.41) is 3.31. The highest BCUT2D eigenvalue weighted by molar-refractivity contribution is 7.89. The molecule has 8 heteroatoms. The molecular weight excluding hydrogens is 333 g/mol. The average Bonchev–Trinajstić information content (AvgIpc) is 2.35. The van der Waals surface area contributed by atoms with E-state index in [2.05, 4.69) is 21.9 Å². The quantitative estimate of drug-likeness (QED) is 0.609. The van der Waals surface area contributed by atoms with Crippen LogP contribution in [0.1, 0.15) is 33.1 Å². The number of nitrogens with zero attached hydrogens (tertiary/aromatic N) is 1. The molecular formula is C13H31Cl2N3O2S.